The number of rotatable bonds is 5. The first kappa shape index (κ1) is 21.4. The van der Waals surface area contributed by atoms with Gasteiger partial charge in [-0.05, 0) is 41.5 Å². The molecule has 2 amide bonds. The van der Waals surface area contributed by atoms with Crippen LogP contribution in [0.3, 0.4) is 0 Å². The van der Waals surface area contributed by atoms with Gasteiger partial charge < -0.3 is 14.7 Å². The van der Waals surface area contributed by atoms with Crippen LogP contribution in [0.2, 0.25) is 0 Å². The van der Waals surface area contributed by atoms with Crippen LogP contribution in [0.15, 0.2) is 70.6 Å². The van der Waals surface area contributed by atoms with E-state index in [-0.39, 0.29) is 11.8 Å². The van der Waals surface area contributed by atoms with Gasteiger partial charge in [-0.3, -0.25) is 14.5 Å². The van der Waals surface area contributed by atoms with E-state index in [0.717, 1.165) is 21.3 Å². The van der Waals surface area contributed by atoms with Crippen LogP contribution in [0.25, 0.3) is 10.1 Å². The Morgan fingerprint density at radius 1 is 1.03 bits per heavy atom. The monoisotopic (exact) mass is 460 g/mol. The number of nitrogens with one attached hydrogen (secondary N) is 1. The third kappa shape index (κ3) is 4.40. The molecule has 8 heteroatoms. The molecule has 1 unspecified atom stereocenters. The Hall–Kier alpha value is -3.49. The molecule has 2 aromatic carbocycles. The number of para-hydroxylation sites is 1. The number of thiophene rings is 1. The Labute approximate surface area is 195 Å². The number of amides is 2. The van der Waals surface area contributed by atoms with E-state index in [1.54, 1.807) is 29.2 Å². The highest BCUT2D eigenvalue weighted by Gasteiger charge is 2.34. The molecule has 0 saturated carbocycles. The van der Waals surface area contributed by atoms with Crippen molar-refractivity contribution in [3.63, 3.8) is 0 Å². The lowest BCUT2D eigenvalue weighted by atomic mass is 10.0. The predicted molar refractivity (Wildman–Crippen MR) is 128 cm³/mol. The van der Waals surface area contributed by atoms with Crippen LogP contribution in [0, 0.1) is 6.92 Å². The number of carbonyl (C=O) groups excluding carboxylic acids is 2. The number of hydrogen-bond acceptors (Lipinski definition) is 6. The van der Waals surface area contributed by atoms with Gasteiger partial charge in [0.05, 0.1) is 0 Å². The van der Waals surface area contributed by atoms with Crippen LogP contribution in [0.1, 0.15) is 27.9 Å². The molecule has 0 bridgehead atoms. The minimum atomic E-state index is -0.451. The van der Waals surface area contributed by atoms with E-state index in [0.29, 0.717) is 37.6 Å². The van der Waals surface area contributed by atoms with Gasteiger partial charge in [0, 0.05) is 42.6 Å². The fourth-order valence-corrected chi connectivity index (χ4v) is 5.24. The third-order valence-corrected chi connectivity index (χ3v) is 6.89. The first-order valence-electron chi connectivity index (χ1n) is 10.9. The average molecular weight is 461 g/mol. The first-order chi connectivity index (χ1) is 16.1. The van der Waals surface area contributed by atoms with Crippen LogP contribution >= 0.6 is 11.3 Å². The lowest BCUT2D eigenvalue weighted by Gasteiger charge is -2.38. The minimum Gasteiger partial charge on any atom is -0.361 e. The second-order valence-corrected chi connectivity index (χ2v) is 9.01. The molecule has 1 atom stereocenters. The van der Waals surface area contributed by atoms with Crippen molar-refractivity contribution in [2.45, 2.75) is 13.0 Å². The zero-order valence-electron chi connectivity index (χ0n) is 18.2. The van der Waals surface area contributed by atoms with Crippen LogP contribution in [0.4, 0.5) is 5.69 Å². The fraction of sp³-hybridized carbons (Fsp3) is 0.240. The molecule has 1 N–H and O–H groups in total. The van der Waals surface area contributed by atoms with Crippen LogP contribution in [-0.2, 0) is 4.79 Å². The van der Waals surface area contributed by atoms with Gasteiger partial charge in [0.15, 0.2) is 5.69 Å². The maximum absolute atomic E-state index is 13.5. The number of hydrogen-bond donors (Lipinski definition) is 1. The number of nitrogens with zero attached hydrogens (tertiary/aromatic N) is 3. The summed E-state index contributed by atoms with van der Waals surface area (Å²) in [6.07, 6.45) is 0. The largest absolute Gasteiger partial charge is 0.361 e. The van der Waals surface area contributed by atoms with Gasteiger partial charge in [-0.1, -0.05) is 41.6 Å². The van der Waals surface area contributed by atoms with Crippen LogP contribution in [-0.4, -0.2) is 52.9 Å². The SMILES string of the molecule is Cc1cc(C(=O)N2CCN(C(C(=O)Nc3ccccc3)c3csc4ccccc34)CC2)no1. The summed E-state index contributed by atoms with van der Waals surface area (Å²) in [6.45, 7) is 3.96. The zero-order chi connectivity index (χ0) is 22.8. The van der Waals surface area contributed by atoms with E-state index in [4.69, 9.17) is 4.52 Å². The highest BCUT2D eigenvalue weighted by atomic mass is 32.1. The van der Waals surface area contributed by atoms with Crippen molar-refractivity contribution in [2.24, 2.45) is 0 Å². The third-order valence-electron chi connectivity index (χ3n) is 5.91. The van der Waals surface area contributed by atoms with E-state index in [1.165, 1.54) is 0 Å². The Balaban J connectivity index is 1.39. The summed E-state index contributed by atoms with van der Waals surface area (Å²) in [7, 11) is 0. The van der Waals surface area contributed by atoms with Gasteiger partial charge in [0.2, 0.25) is 5.91 Å². The number of aryl methyl sites for hydroxylation is 1. The van der Waals surface area contributed by atoms with Gasteiger partial charge in [-0.2, -0.15) is 0 Å². The molecule has 4 aromatic rings. The van der Waals surface area contributed by atoms with Gasteiger partial charge >= 0.3 is 0 Å². The van der Waals surface area contributed by atoms with Crippen molar-refractivity contribution in [3.05, 3.63) is 83.1 Å². The predicted octanol–water partition coefficient (Wildman–Crippen LogP) is 4.34. The molecule has 0 spiro atoms. The summed E-state index contributed by atoms with van der Waals surface area (Å²) in [5, 5.41) is 10.1. The summed E-state index contributed by atoms with van der Waals surface area (Å²) >= 11 is 1.65. The van der Waals surface area contributed by atoms with Gasteiger partial charge in [-0.15, -0.1) is 11.3 Å². The minimum absolute atomic E-state index is 0.0725. The second-order valence-electron chi connectivity index (χ2n) is 8.10. The molecule has 1 saturated heterocycles. The molecule has 7 nitrogen and oxygen atoms in total. The average Bonchev–Trinajstić information content (AvgIpc) is 3.47. The number of piperazine rings is 1. The highest BCUT2D eigenvalue weighted by Crippen LogP contribution is 2.34. The highest BCUT2D eigenvalue weighted by molar-refractivity contribution is 7.17. The van der Waals surface area contributed by atoms with Crippen LogP contribution in [0.5, 0.6) is 0 Å². The number of anilines is 1. The zero-order valence-corrected chi connectivity index (χ0v) is 19.0. The molecular formula is C25H24N4O3S. The molecule has 1 aliphatic rings. The summed E-state index contributed by atoms with van der Waals surface area (Å²) in [6, 6.07) is 18.9. The molecule has 33 heavy (non-hydrogen) atoms. The van der Waals surface area contributed by atoms with E-state index in [9.17, 15) is 9.59 Å². The van der Waals surface area contributed by atoms with Crippen molar-refractivity contribution in [2.75, 3.05) is 31.5 Å². The van der Waals surface area contributed by atoms with E-state index < -0.39 is 6.04 Å². The molecular weight excluding hydrogens is 436 g/mol. The smallest absolute Gasteiger partial charge is 0.276 e. The first-order valence-corrected chi connectivity index (χ1v) is 11.8. The lowest BCUT2D eigenvalue weighted by Crippen LogP contribution is -2.51. The van der Waals surface area contributed by atoms with E-state index >= 15 is 0 Å². The molecule has 3 heterocycles. The van der Waals surface area contributed by atoms with E-state index in [2.05, 4.69) is 32.9 Å². The normalized spacial score (nSPS) is 15.5. The maximum atomic E-state index is 13.5. The number of benzene rings is 2. The van der Waals surface area contributed by atoms with Crippen molar-refractivity contribution in [3.8, 4) is 0 Å². The molecule has 0 radical (unpaired) electrons. The van der Waals surface area contributed by atoms with Crippen molar-refractivity contribution in [1.82, 2.24) is 15.0 Å². The Morgan fingerprint density at radius 2 is 1.76 bits per heavy atom. The van der Waals surface area contributed by atoms with Crippen molar-refractivity contribution in [1.29, 1.82) is 0 Å². The van der Waals surface area contributed by atoms with Crippen molar-refractivity contribution >= 4 is 38.9 Å². The van der Waals surface area contributed by atoms with Crippen LogP contribution < -0.4 is 5.32 Å². The second kappa shape index (κ2) is 9.17. The topological polar surface area (TPSA) is 78.7 Å². The van der Waals surface area contributed by atoms with Gasteiger partial charge in [0.25, 0.3) is 5.91 Å². The molecule has 2 aromatic heterocycles. The summed E-state index contributed by atoms with van der Waals surface area (Å²) in [4.78, 5) is 30.2. The van der Waals surface area contributed by atoms with E-state index in [1.807, 2.05) is 42.5 Å². The summed E-state index contributed by atoms with van der Waals surface area (Å²) in [5.74, 6) is 0.397. The summed E-state index contributed by atoms with van der Waals surface area (Å²) in [5.41, 5.74) is 2.08. The Morgan fingerprint density at radius 3 is 2.48 bits per heavy atom. The standard InChI is InChI=1S/C25H24N4O3S/c1-17-15-21(27-32-17)25(31)29-13-11-28(12-14-29)23(24(30)26-18-7-3-2-4-8-18)20-16-33-22-10-6-5-9-19(20)22/h2-10,15-16,23H,11-14H2,1H3,(H,26,30). The number of carbonyl (C=O) groups is 2. The lowest BCUT2D eigenvalue weighted by molar-refractivity contribution is -0.122. The van der Waals surface area contributed by atoms with Crippen molar-refractivity contribution < 1.29 is 14.1 Å². The molecule has 5 rings (SSSR count). The fourth-order valence-electron chi connectivity index (χ4n) is 4.26. The van der Waals surface area contributed by atoms with Gasteiger partial charge in [-0.25, -0.2) is 0 Å². The Kier molecular flexibility index (Phi) is 5.93. The molecule has 1 fully saturated rings. The van der Waals surface area contributed by atoms with Gasteiger partial charge in [0.1, 0.15) is 11.8 Å². The molecule has 0 aliphatic carbocycles. The number of aromatic nitrogens is 1. The molecule has 168 valence electrons. The molecule has 1 aliphatic heterocycles. The maximum Gasteiger partial charge on any atom is 0.276 e. The quantitative estimate of drug-likeness (QED) is 0.479. The summed E-state index contributed by atoms with van der Waals surface area (Å²) < 4.78 is 6.21. The number of fused-ring (bicyclic) bond motifs is 1. The Bertz CT molecular complexity index is 1280.